The number of carboxylic acid groups (broad SMARTS) is 1. The van der Waals surface area contributed by atoms with Crippen molar-refractivity contribution in [3.63, 3.8) is 0 Å². The van der Waals surface area contributed by atoms with E-state index < -0.39 is 5.97 Å². The van der Waals surface area contributed by atoms with E-state index in [2.05, 4.69) is 10.1 Å². The monoisotopic (exact) mass is 226 g/mol. The molecule has 1 unspecified atom stereocenters. The standard InChI is InChI=1S/C10H14N2O4/c1-10(3-2-4-15-6-10)9-11-7(16-12-9)5-8(13)14/h2-6H2,1H3,(H,13,14). The third-order valence-electron chi connectivity index (χ3n) is 2.75. The molecular formula is C10H14N2O4. The average Bonchev–Trinajstić information content (AvgIpc) is 2.67. The predicted molar refractivity (Wildman–Crippen MR) is 53.0 cm³/mol. The van der Waals surface area contributed by atoms with Crippen LogP contribution in [0.15, 0.2) is 4.52 Å². The van der Waals surface area contributed by atoms with Crippen molar-refractivity contribution >= 4 is 5.97 Å². The van der Waals surface area contributed by atoms with E-state index in [1.807, 2.05) is 6.92 Å². The largest absolute Gasteiger partial charge is 0.481 e. The Kier molecular flexibility index (Phi) is 2.91. The zero-order chi connectivity index (χ0) is 11.6. The molecule has 2 heterocycles. The third-order valence-corrected chi connectivity index (χ3v) is 2.75. The summed E-state index contributed by atoms with van der Waals surface area (Å²) in [5, 5.41) is 12.4. The Morgan fingerprint density at radius 2 is 2.44 bits per heavy atom. The molecule has 1 atom stereocenters. The molecule has 1 aromatic heterocycles. The van der Waals surface area contributed by atoms with E-state index in [0.29, 0.717) is 12.4 Å². The number of hydrogen-bond acceptors (Lipinski definition) is 5. The minimum absolute atomic E-state index is 0.147. The summed E-state index contributed by atoms with van der Waals surface area (Å²) in [6.45, 7) is 3.32. The van der Waals surface area contributed by atoms with Crippen molar-refractivity contribution in [3.8, 4) is 0 Å². The van der Waals surface area contributed by atoms with Crippen LogP contribution in [-0.4, -0.2) is 34.4 Å². The summed E-state index contributed by atoms with van der Waals surface area (Å²) >= 11 is 0. The highest BCUT2D eigenvalue weighted by molar-refractivity contribution is 5.68. The molecule has 1 aliphatic heterocycles. The van der Waals surface area contributed by atoms with E-state index in [4.69, 9.17) is 14.4 Å². The summed E-state index contributed by atoms with van der Waals surface area (Å²) < 4.78 is 10.3. The summed E-state index contributed by atoms with van der Waals surface area (Å²) in [7, 11) is 0. The number of carboxylic acids is 1. The lowest BCUT2D eigenvalue weighted by Gasteiger charge is -2.29. The SMILES string of the molecule is CC1(c2noc(CC(=O)O)n2)CCCOC1. The van der Waals surface area contributed by atoms with Crippen LogP contribution >= 0.6 is 0 Å². The number of hydrogen-bond donors (Lipinski definition) is 1. The van der Waals surface area contributed by atoms with E-state index in [1.165, 1.54) is 0 Å². The van der Waals surface area contributed by atoms with Gasteiger partial charge in [0.2, 0.25) is 5.89 Å². The molecule has 1 fully saturated rings. The first-order valence-electron chi connectivity index (χ1n) is 5.23. The molecule has 0 spiro atoms. The maximum atomic E-state index is 10.5. The van der Waals surface area contributed by atoms with E-state index in [9.17, 15) is 4.79 Å². The van der Waals surface area contributed by atoms with Gasteiger partial charge in [0.1, 0.15) is 6.42 Å². The lowest BCUT2D eigenvalue weighted by Crippen LogP contribution is -2.34. The average molecular weight is 226 g/mol. The maximum absolute atomic E-state index is 10.5. The molecule has 0 bridgehead atoms. The van der Waals surface area contributed by atoms with Crippen molar-refractivity contribution in [1.82, 2.24) is 10.1 Å². The highest BCUT2D eigenvalue weighted by atomic mass is 16.5. The quantitative estimate of drug-likeness (QED) is 0.819. The van der Waals surface area contributed by atoms with Gasteiger partial charge in [0, 0.05) is 6.61 Å². The Balaban J connectivity index is 2.13. The van der Waals surface area contributed by atoms with Crippen LogP contribution < -0.4 is 0 Å². The van der Waals surface area contributed by atoms with Crippen LogP contribution in [0.1, 0.15) is 31.5 Å². The zero-order valence-corrected chi connectivity index (χ0v) is 9.10. The van der Waals surface area contributed by atoms with Crippen LogP contribution in [0.4, 0.5) is 0 Å². The Labute approximate surface area is 92.6 Å². The fourth-order valence-electron chi connectivity index (χ4n) is 1.81. The lowest BCUT2D eigenvalue weighted by molar-refractivity contribution is -0.136. The molecule has 0 radical (unpaired) electrons. The van der Waals surface area contributed by atoms with Crippen LogP contribution in [0.2, 0.25) is 0 Å². The maximum Gasteiger partial charge on any atom is 0.312 e. The van der Waals surface area contributed by atoms with Gasteiger partial charge in [-0.15, -0.1) is 0 Å². The van der Waals surface area contributed by atoms with Gasteiger partial charge in [-0.25, -0.2) is 0 Å². The van der Waals surface area contributed by atoms with Gasteiger partial charge in [-0.2, -0.15) is 4.98 Å². The van der Waals surface area contributed by atoms with Gasteiger partial charge >= 0.3 is 5.97 Å². The smallest absolute Gasteiger partial charge is 0.312 e. The fourth-order valence-corrected chi connectivity index (χ4v) is 1.81. The Bertz CT molecular complexity index is 382. The fraction of sp³-hybridized carbons (Fsp3) is 0.700. The van der Waals surface area contributed by atoms with Gasteiger partial charge in [0.15, 0.2) is 5.82 Å². The second-order valence-corrected chi connectivity index (χ2v) is 4.30. The van der Waals surface area contributed by atoms with E-state index in [-0.39, 0.29) is 17.7 Å². The number of aliphatic carboxylic acids is 1. The molecule has 0 saturated carbocycles. The Morgan fingerprint density at radius 3 is 3.06 bits per heavy atom. The van der Waals surface area contributed by atoms with Gasteiger partial charge in [-0.05, 0) is 12.8 Å². The highest BCUT2D eigenvalue weighted by Crippen LogP contribution is 2.30. The van der Waals surface area contributed by atoms with E-state index in [0.717, 1.165) is 19.4 Å². The van der Waals surface area contributed by atoms with Crippen molar-refractivity contribution in [2.75, 3.05) is 13.2 Å². The normalized spacial score (nSPS) is 25.6. The van der Waals surface area contributed by atoms with Crippen LogP contribution in [-0.2, 0) is 21.4 Å². The minimum Gasteiger partial charge on any atom is -0.481 e. The molecular weight excluding hydrogens is 212 g/mol. The first kappa shape index (κ1) is 11.1. The molecule has 88 valence electrons. The molecule has 0 aliphatic carbocycles. The minimum atomic E-state index is -0.972. The molecule has 6 nitrogen and oxygen atoms in total. The molecule has 1 aromatic rings. The Morgan fingerprint density at radius 1 is 1.62 bits per heavy atom. The summed E-state index contributed by atoms with van der Waals surface area (Å²) in [6, 6.07) is 0. The van der Waals surface area contributed by atoms with Crippen LogP contribution in [0.25, 0.3) is 0 Å². The van der Waals surface area contributed by atoms with Crippen molar-refractivity contribution in [2.24, 2.45) is 0 Å². The van der Waals surface area contributed by atoms with Crippen molar-refractivity contribution in [2.45, 2.75) is 31.6 Å². The van der Waals surface area contributed by atoms with E-state index >= 15 is 0 Å². The van der Waals surface area contributed by atoms with Gasteiger partial charge < -0.3 is 14.4 Å². The molecule has 0 amide bonds. The number of nitrogens with zero attached hydrogens (tertiary/aromatic N) is 2. The molecule has 1 aliphatic rings. The summed E-state index contributed by atoms with van der Waals surface area (Å²) in [5.41, 5.74) is -0.251. The number of ether oxygens (including phenoxy) is 1. The predicted octanol–water partition coefficient (Wildman–Crippen LogP) is 0.765. The second-order valence-electron chi connectivity index (χ2n) is 4.30. The molecule has 0 aromatic carbocycles. The second kappa shape index (κ2) is 4.21. The third kappa shape index (κ3) is 2.21. The summed E-state index contributed by atoms with van der Waals surface area (Å²) in [4.78, 5) is 14.6. The molecule has 1 N–H and O–H groups in total. The van der Waals surface area contributed by atoms with Crippen molar-refractivity contribution in [1.29, 1.82) is 0 Å². The van der Waals surface area contributed by atoms with Gasteiger partial charge in [-0.1, -0.05) is 12.1 Å². The van der Waals surface area contributed by atoms with Gasteiger partial charge in [0.05, 0.1) is 12.0 Å². The van der Waals surface area contributed by atoms with Crippen molar-refractivity contribution < 1.29 is 19.2 Å². The van der Waals surface area contributed by atoms with Crippen molar-refractivity contribution in [3.05, 3.63) is 11.7 Å². The number of aromatic nitrogens is 2. The molecule has 6 heteroatoms. The molecule has 2 rings (SSSR count). The molecule has 1 saturated heterocycles. The molecule has 16 heavy (non-hydrogen) atoms. The Hall–Kier alpha value is -1.43. The number of rotatable bonds is 3. The summed E-state index contributed by atoms with van der Waals surface area (Å²) in [5.74, 6) is -0.280. The first-order chi connectivity index (χ1) is 7.60. The number of carbonyl (C=O) groups is 1. The topological polar surface area (TPSA) is 85.5 Å². The van der Waals surface area contributed by atoms with Crippen LogP contribution in [0.5, 0.6) is 0 Å². The zero-order valence-electron chi connectivity index (χ0n) is 9.10. The van der Waals surface area contributed by atoms with E-state index in [1.54, 1.807) is 0 Å². The van der Waals surface area contributed by atoms with Gasteiger partial charge in [-0.3, -0.25) is 4.79 Å². The summed E-state index contributed by atoms with van der Waals surface area (Å²) in [6.07, 6.45) is 1.66. The first-order valence-corrected chi connectivity index (χ1v) is 5.23. The van der Waals surface area contributed by atoms with Crippen LogP contribution in [0.3, 0.4) is 0 Å². The lowest BCUT2D eigenvalue weighted by atomic mass is 9.84. The highest BCUT2D eigenvalue weighted by Gasteiger charge is 2.34. The van der Waals surface area contributed by atoms with Gasteiger partial charge in [0.25, 0.3) is 0 Å². The van der Waals surface area contributed by atoms with Crippen LogP contribution in [0, 0.1) is 0 Å².